The topological polar surface area (TPSA) is 40.5 Å². The van der Waals surface area contributed by atoms with Crippen molar-refractivity contribution in [3.63, 3.8) is 0 Å². The summed E-state index contributed by atoms with van der Waals surface area (Å²) < 4.78 is 37.7. The first kappa shape index (κ1) is 15.3. The molecule has 0 aromatic carbocycles. The molecular formula is C12H20F3NO2. The van der Waals surface area contributed by atoms with E-state index in [1.54, 1.807) is 4.90 Å². The van der Waals surface area contributed by atoms with Crippen molar-refractivity contribution in [1.29, 1.82) is 0 Å². The number of alkyl halides is 3. The van der Waals surface area contributed by atoms with Crippen molar-refractivity contribution in [3.05, 3.63) is 0 Å². The Kier molecular flexibility index (Phi) is 4.64. The molecule has 1 heterocycles. The minimum atomic E-state index is -4.67. The molecule has 1 fully saturated rings. The van der Waals surface area contributed by atoms with Gasteiger partial charge in [-0.3, -0.25) is 4.79 Å². The Morgan fingerprint density at radius 2 is 1.94 bits per heavy atom. The van der Waals surface area contributed by atoms with Crippen molar-refractivity contribution in [2.24, 2.45) is 11.3 Å². The Bertz CT molecular complexity index is 302. The molecule has 0 aromatic rings. The van der Waals surface area contributed by atoms with E-state index in [1.807, 2.05) is 0 Å². The lowest BCUT2D eigenvalue weighted by atomic mass is 9.85. The predicted molar refractivity (Wildman–Crippen MR) is 61.3 cm³/mol. The van der Waals surface area contributed by atoms with Crippen molar-refractivity contribution in [2.45, 2.75) is 39.3 Å². The number of halogens is 3. The maximum atomic E-state index is 12.6. The molecule has 1 aliphatic heterocycles. The number of nitrogens with zero attached hydrogens (tertiary/aromatic N) is 1. The van der Waals surface area contributed by atoms with Crippen molar-refractivity contribution in [2.75, 3.05) is 19.6 Å². The van der Waals surface area contributed by atoms with Crippen LogP contribution in [0.25, 0.3) is 0 Å². The Hall–Kier alpha value is -0.780. The lowest BCUT2D eigenvalue weighted by Gasteiger charge is -2.26. The summed E-state index contributed by atoms with van der Waals surface area (Å²) in [6.07, 6.45) is -2.09. The van der Waals surface area contributed by atoms with Gasteiger partial charge in [0.2, 0.25) is 0 Å². The molecule has 0 aliphatic carbocycles. The van der Waals surface area contributed by atoms with E-state index in [9.17, 15) is 18.0 Å². The van der Waals surface area contributed by atoms with E-state index in [0.29, 0.717) is 13.1 Å². The molecule has 106 valence electrons. The summed E-state index contributed by atoms with van der Waals surface area (Å²) in [6, 6.07) is 0. The van der Waals surface area contributed by atoms with Crippen LogP contribution in [-0.4, -0.2) is 41.8 Å². The number of carbonyl (C=O) groups is 1. The van der Waals surface area contributed by atoms with Gasteiger partial charge < -0.3 is 10.0 Å². The van der Waals surface area contributed by atoms with Crippen LogP contribution in [0, 0.1) is 11.3 Å². The van der Waals surface area contributed by atoms with Gasteiger partial charge in [0.05, 0.1) is 0 Å². The average Bonchev–Trinajstić information content (AvgIpc) is 2.34. The van der Waals surface area contributed by atoms with Crippen LogP contribution in [0.5, 0.6) is 0 Å². The summed E-state index contributed by atoms with van der Waals surface area (Å²) in [5.41, 5.74) is 0.131. The lowest BCUT2D eigenvalue weighted by molar-refractivity contribution is -0.196. The molecule has 1 N–H and O–H groups in total. The highest BCUT2D eigenvalue weighted by Crippen LogP contribution is 2.32. The highest BCUT2D eigenvalue weighted by atomic mass is 19.4. The van der Waals surface area contributed by atoms with Crippen molar-refractivity contribution in [3.8, 4) is 0 Å². The van der Waals surface area contributed by atoms with E-state index in [0.717, 1.165) is 19.3 Å². The SMILES string of the molecule is CC1(C)CCCN(CC(C(=O)O)C(F)(F)F)CC1. The van der Waals surface area contributed by atoms with E-state index in [-0.39, 0.29) is 5.41 Å². The fraction of sp³-hybridized carbons (Fsp3) is 0.917. The number of hydrogen-bond acceptors (Lipinski definition) is 2. The lowest BCUT2D eigenvalue weighted by Crippen LogP contribution is -2.41. The number of hydrogen-bond donors (Lipinski definition) is 1. The Labute approximate surface area is 105 Å². The monoisotopic (exact) mass is 267 g/mol. The molecule has 18 heavy (non-hydrogen) atoms. The summed E-state index contributed by atoms with van der Waals surface area (Å²) in [5.74, 6) is -4.07. The standard InChI is InChI=1S/C12H20F3NO2/c1-11(2)4-3-6-16(7-5-11)8-9(10(17)18)12(13,14)15/h9H,3-8H2,1-2H3,(H,17,18). The number of likely N-dealkylation sites (tertiary alicyclic amines) is 1. The second-order valence-corrected chi connectivity index (χ2v) is 5.75. The van der Waals surface area contributed by atoms with Gasteiger partial charge in [0.15, 0.2) is 5.92 Å². The van der Waals surface area contributed by atoms with Gasteiger partial charge in [-0.25, -0.2) is 0 Å². The molecule has 1 atom stereocenters. The third-order valence-corrected chi connectivity index (χ3v) is 3.57. The summed E-state index contributed by atoms with van der Waals surface area (Å²) in [5, 5.41) is 8.67. The smallest absolute Gasteiger partial charge is 0.403 e. The molecule has 3 nitrogen and oxygen atoms in total. The van der Waals surface area contributed by atoms with Crippen LogP contribution in [0.4, 0.5) is 13.2 Å². The quantitative estimate of drug-likeness (QED) is 0.854. The molecule has 1 aliphatic rings. The Balaban J connectivity index is 2.63. The van der Waals surface area contributed by atoms with Gasteiger partial charge in [-0.05, 0) is 37.8 Å². The molecular weight excluding hydrogens is 247 g/mol. The maximum absolute atomic E-state index is 12.6. The van der Waals surface area contributed by atoms with E-state index < -0.39 is 24.6 Å². The predicted octanol–water partition coefficient (Wildman–Crippen LogP) is 2.76. The third kappa shape index (κ3) is 4.48. The second kappa shape index (κ2) is 5.47. The third-order valence-electron chi connectivity index (χ3n) is 3.57. The largest absolute Gasteiger partial charge is 0.481 e. The first-order valence-corrected chi connectivity index (χ1v) is 6.14. The first-order chi connectivity index (χ1) is 8.12. The second-order valence-electron chi connectivity index (χ2n) is 5.75. The van der Waals surface area contributed by atoms with Crippen LogP contribution in [-0.2, 0) is 4.79 Å². The summed E-state index contributed by atoms with van der Waals surface area (Å²) in [4.78, 5) is 12.3. The first-order valence-electron chi connectivity index (χ1n) is 6.14. The van der Waals surface area contributed by atoms with E-state index in [2.05, 4.69) is 13.8 Å². The van der Waals surface area contributed by atoms with Crippen LogP contribution in [0.2, 0.25) is 0 Å². The van der Waals surface area contributed by atoms with Gasteiger partial charge in [-0.1, -0.05) is 13.8 Å². The fourth-order valence-electron chi connectivity index (χ4n) is 2.24. The summed E-state index contributed by atoms with van der Waals surface area (Å²) in [7, 11) is 0. The molecule has 1 saturated heterocycles. The molecule has 0 radical (unpaired) electrons. The van der Waals surface area contributed by atoms with Crippen LogP contribution < -0.4 is 0 Å². The summed E-state index contributed by atoms with van der Waals surface area (Å²) >= 11 is 0. The minimum absolute atomic E-state index is 0.131. The summed E-state index contributed by atoms with van der Waals surface area (Å²) in [6.45, 7) is 4.83. The van der Waals surface area contributed by atoms with Crippen molar-refractivity contribution < 1.29 is 23.1 Å². The molecule has 6 heteroatoms. The zero-order chi connectivity index (χ0) is 14.0. The molecule has 0 amide bonds. The van der Waals surface area contributed by atoms with Gasteiger partial charge >= 0.3 is 12.1 Å². The molecule has 1 unspecified atom stereocenters. The van der Waals surface area contributed by atoms with Crippen molar-refractivity contribution >= 4 is 5.97 Å². The highest BCUT2D eigenvalue weighted by molar-refractivity contribution is 5.71. The maximum Gasteiger partial charge on any atom is 0.403 e. The molecule has 0 bridgehead atoms. The zero-order valence-electron chi connectivity index (χ0n) is 10.8. The molecule has 0 spiro atoms. The van der Waals surface area contributed by atoms with Crippen LogP contribution in [0.1, 0.15) is 33.1 Å². The molecule has 0 aromatic heterocycles. The average molecular weight is 267 g/mol. The van der Waals surface area contributed by atoms with E-state index in [1.165, 1.54) is 0 Å². The van der Waals surface area contributed by atoms with Crippen LogP contribution in [0.15, 0.2) is 0 Å². The van der Waals surface area contributed by atoms with Crippen LogP contribution in [0.3, 0.4) is 0 Å². The van der Waals surface area contributed by atoms with E-state index >= 15 is 0 Å². The Morgan fingerprint density at radius 3 is 2.44 bits per heavy atom. The van der Waals surface area contributed by atoms with Gasteiger partial charge in [0.1, 0.15) is 0 Å². The number of carboxylic acids is 1. The highest BCUT2D eigenvalue weighted by Gasteiger charge is 2.46. The molecule has 1 rings (SSSR count). The minimum Gasteiger partial charge on any atom is -0.481 e. The normalized spacial score (nSPS) is 23.4. The van der Waals surface area contributed by atoms with Gasteiger partial charge in [0.25, 0.3) is 0 Å². The zero-order valence-corrected chi connectivity index (χ0v) is 10.8. The van der Waals surface area contributed by atoms with Gasteiger partial charge in [-0.2, -0.15) is 13.2 Å². The number of rotatable bonds is 3. The fourth-order valence-corrected chi connectivity index (χ4v) is 2.24. The Morgan fingerprint density at radius 1 is 1.33 bits per heavy atom. The number of carboxylic acid groups (broad SMARTS) is 1. The van der Waals surface area contributed by atoms with E-state index in [4.69, 9.17) is 5.11 Å². The number of aliphatic carboxylic acids is 1. The molecule has 0 saturated carbocycles. The van der Waals surface area contributed by atoms with Crippen molar-refractivity contribution in [1.82, 2.24) is 4.90 Å². The van der Waals surface area contributed by atoms with Gasteiger partial charge in [-0.15, -0.1) is 0 Å². The van der Waals surface area contributed by atoms with Crippen LogP contribution >= 0.6 is 0 Å². The van der Waals surface area contributed by atoms with Gasteiger partial charge in [0, 0.05) is 6.54 Å².